The molecule has 0 atom stereocenters. The largest absolute Gasteiger partial charge is 0.381 e. The van der Waals surface area contributed by atoms with Crippen LogP contribution in [-0.2, 0) is 13.6 Å². The summed E-state index contributed by atoms with van der Waals surface area (Å²) in [6.07, 6.45) is 1.92. The number of aryl methyl sites for hydroxylation is 1. The van der Waals surface area contributed by atoms with Gasteiger partial charge in [-0.05, 0) is 29.8 Å². The lowest BCUT2D eigenvalue weighted by atomic mass is 10.2. The summed E-state index contributed by atoms with van der Waals surface area (Å²) in [5.74, 6) is 0. The Balaban J connectivity index is 1.79. The molecule has 3 aromatic rings. The first-order valence-corrected chi connectivity index (χ1v) is 6.17. The van der Waals surface area contributed by atoms with Crippen molar-refractivity contribution in [2.45, 2.75) is 6.54 Å². The Morgan fingerprint density at radius 2 is 2.10 bits per heavy atom. The average Bonchev–Trinajstić information content (AvgIpc) is 2.97. The van der Waals surface area contributed by atoms with E-state index in [1.807, 2.05) is 37.5 Å². The summed E-state index contributed by atoms with van der Waals surface area (Å²) in [5.41, 5.74) is 3.92. The lowest BCUT2D eigenvalue weighted by Gasteiger charge is -2.04. The fourth-order valence-corrected chi connectivity index (χ4v) is 2.19. The van der Waals surface area contributed by atoms with Gasteiger partial charge in [-0.2, -0.15) is 5.26 Å². The fraction of sp³-hybridized carbons (Fsp3) is 0.143. The van der Waals surface area contributed by atoms with Gasteiger partial charge >= 0.3 is 5.69 Å². The minimum atomic E-state index is -0.209. The van der Waals surface area contributed by atoms with Crippen LogP contribution in [-0.4, -0.2) is 14.5 Å². The van der Waals surface area contributed by atoms with Crippen molar-refractivity contribution in [2.75, 3.05) is 5.32 Å². The van der Waals surface area contributed by atoms with Gasteiger partial charge in [0, 0.05) is 25.5 Å². The third-order valence-corrected chi connectivity index (χ3v) is 3.19. The number of anilines is 1. The molecule has 0 spiro atoms. The van der Waals surface area contributed by atoms with Crippen LogP contribution in [0, 0.1) is 11.3 Å². The molecule has 0 aliphatic heterocycles. The van der Waals surface area contributed by atoms with Crippen LogP contribution in [0.5, 0.6) is 0 Å². The second kappa shape index (κ2) is 4.63. The number of nitriles is 1. The minimum Gasteiger partial charge on any atom is -0.381 e. The van der Waals surface area contributed by atoms with Gasteiger partial charge in [0.05, 0.1) is 11.0 Å². The standard InChI is InChI=1S/C14H13N5O/c1-19-8-9(4-11(19)6-15)7-16-10-2-3-12-13(5-10)18-14(20)17-12/h2-5,8,16H,7H2,1H3,(H2,17,18,20). The molecule has 0 saturated heterocycles. The van der Waals surface area contributed by atoms with Crippen molar-refractivity contribution in [1.82, 2.24) is 14.5 Å². The second-order valence-electron chi connectivity index (χ2n) is 4.65. The van der Waals surface area contributed by atoms with Crippen molar-refractivity contribution in [3.63, 3.8) is 0 Å². The SMILES string of the molecule is Cn1cc(CNc2ccc3[nH]c(=O)[nH]c3c2)cc1C#N. The molecule has 3 rings (SSSR count). The van der Waals surface area contributed by atoms with E-state index in [1.54, 1.807) is 4.57 Å². The molecule has 100 valence electrons. The molecule has 2 heterocycles. The number of aromatic nitrogens is 3. The van der Waals surface area contributed by atoms with E-state index >= 15 is 0 Å². The van der Waals surface area contributed by atoms with Gasteiger partial charge < -0.3 is 19.9 Å². The van der Waals surface area contributed by atoms with E-state index in [9.17, 15) is 4.79 Å². The Morgan fingerprint density at radius 1 is 1.30 bits per heavy atom. The number of H-pyrrole nitrogens is 2. The van der Waals surface area contributed by atoms with Gasteiger partial charge in [-0.15, -0.1) is 0 Å². The molecule has 0 fully saturated rings. The van der Waals surface area contributed by atoms with Gasteiger partial charge in [0.25, 0.3) is 0 Å². The molecule has 0 amide bonds. The number of nitrogens with one attached hydrogen (secondary N) is 3. The Hall–Kier alpha value is -2.94. The zero-order valence-corrected chi connectivity index (χ0v) is 10.9. The van der Waals surface area contributed by atoms with Crippen molar-refractivity contribution in [1.29, 1.82) is 5.26 Å². The summed E-state index contributed by atoms with van der Waals surface area (Å²) in [4.78, 5) is 16.6. The number of rotatable bonds is 3. The summed E-state index contributed by atoms with van der Waals surface area (Å²) in [7, 11) is 1.85. The van der Waals surface area contributed by atoms with Crippen LogP contribution in [0.15, 0.2) is 35.3 Å². The zero-order chi connectivity index (χ0) is 14.1. The number of hydrogen-bond donors (Lipinski definition) is 3. The highest BCUT2D eigenvalue weighted by Crippen LogP contribution is 2.16. The third-order valence-electron chi connectivity index (χ3n) is 3.19. The average molecular weight is 267 g/mol. The summed E-state index contributed by atoms with van der Waals surface area (Å²) in [5, 5.41) is 12.2. The van der Waals surface area contributed by atoms with Gasteiger partial charge in [0.2, 0.25) is 0 Å². The van der Waals surface area contributed by atoms with Crippen molar-refractivity contribution in [3.05, 3.63) is 52.2 Å². The highest BCUT2D eigenvalue weighted by atomic mass is 16.1. The minimum absolute atomic E-state index is 0.209. The highest BCUT2D eigenvalue weighted by molar-refractivity contribution is 5.78. The number of aromatic amines is 2. The first-order chi connectivity index (χ1) is 9.65. The first kappa shape index (κ1) is 12.1. The Morgan fingerprint density at radius 3 is 2.85 bits per heavy atom. The van der Waals surface area contributed by atoms with Gasteiger partial charge in [-0.1, -0.05) is 0 Å². The Bertz CT molecular complexity index is 862. The van der Waals surface area contributed by atoms with Gasteiger partial charge in [0.15, 0.2) is 0 Å². The highest BCUT2D eigenvalue weighted by Gasteiger charge is 2.03. The van der Waals surface area contributed by atoms with Crippen molar-refractivity contribution in [3.8, 4) is 6.07 Å². The quantitative estimate of drug-likeness (QED) is 0.674. The molecule has 20 heavy (non-hydrogen) atoms. The van der Waals surface area contributed by atoms with E-state index in [2.05, 4.69) is 21.4 Å². The van der Waals surface area contributed by atoms with E-state index in [0.29, 0.717) is 12.2 Å². The van der Waals surface area contributed by atoms with Crippen molar-refractivity contribution in [2.24, 2.45) is 7.05 Å². The summed E-state index contributed by atoms with van der Waals surface area (Å²) < 4.78 is 1.80. The molecule has 0 unspecified atom stereocenters. The number of benzene rings is 1. The summed E-state index contributed by atoms with van der Waals surface area (Å²) in [6, 6.07) is 9.61. The Kier molecular flexibility index (Phi) is 2.80. The molecule has 3 N–H and O–H groups in total. The smallest absolute Gasteiger partial charge is 0.323 e. The molecule has 0 aliphatic rings. The maximum absolute atomic E-state index is 11.2. The van der Waals surface area contributed by atoms with Gasteiger partial charge in [0.1, 0.15) is 11.8 Å². The second-order valence-corrected chi connectivity index (χ2v) is 4.65. The van der Waals surface area contributed by atoms with E-state index in [4.69, 9.17) is 5.26 Å². The van der Waals surface area contributed by atoms with E-state index in [0.717, 1.165) is 22.3 Å². The van der Waals surface area contributed by atoms with Gasteiger partial charge in [-0.25, -0.2) is 4.79 Å². The maximum Gasteiger partial charge on any atom is 0.323 e. The predicted octanol–water partition coefficient (Wildman–Crippen LogP) is 1.68. The van der Waals surface area contributed by atoms with Gasteiger partial charge in [-0.3, -0.25) is 0 Å². The van der Waals surface area contributed by atoms with Crippen LogP contribution in [0.25, 0.3) is 11.0 Å². The lowest BCUT2D eigenvalue weighted by Crippen LogP contribution is -1.99. The number of nitrogens with zero attached hydrogens (tertiary/aromatic N) is 2. The monoisotopic (exact) mass is 267 g/mol. The molecule has 2 aromatic heterocycles. The number of imidazole rings is 1. The normalized spacial score (nSPS) is 10.6. The zero-order valence-electron chi connectivity index (χ0n) is 10.9. The van der Waals surface area contributed by atoms with E-state index < -0.39 is 0 Å². The lowest BCUT2D eigenvalue weighted by molar-refractivity contribution is 0.902. The number of fused-ring (bicyclic) bond motifs is 1. The molecule has 0 radical (unpaired) electrons. The molecular formula is C14H13N5O. The molecule has 6 nitrogen and oxygen atoms in total. The van der Waals surface area contributed by atoms with Crippen LogP contribution in [0.1, 0.15) is 11.3 Å². The van der Waals surface area contributed by atoms with Crippen molar-refractivity contribution >= 4 is 16.7 Å². The summed E-state index contributed by atoms with van der Waals surface area (Å²) in [6.45, 7) is 0.621. The molecule has 0 saturated carbocycles. The van der Waals surface area contributed by atoms with Crippen LogP contribution in [0.4, 0.5) is 5.69 Å². The third kappa shape index (κ3) is 2.17. The van der Waals surface area contributed by atoms with Crippen LogP contribution >= 0.6 is 0 Å². The van der Waals surface area contributed by atoms with Crippen molar-refractivity contribution < 1.29 is 0 Å². The predicted molar refractivity (Wildman–Crippen MR) is 76.4 cm³/mol. The van der Waals surface area contributed by atoms with Crippen LogP contribution < -0.4 is 11.0 Å². The topological polar surface area (TPSA) is 89.4 Å². The summed E-state index contributed by atoms with van der Waals surface area (Å²) >= 11 is 0. The first-order valence-electron chi connectivity index (χ1n) is 6.17. The Labute approximate surface area is 114 Å². The molecule has 0 bridgehead atoms. The molecule has 0 aliphatic carbocycles. The van der Waals surface area contributed by atoms with E-state index in [1.165, 1.54) is 0 Å². The fourth-order valence-electron chi connectivity index (χ4n) is 2.19. The maximum atomic E-state index is 11.2. The molecule has 1 aromatic carbocycles. The number of hydrogen-bond acceptors (Lipinski definition) is 3. The van der Waals surface area contributed by atoms with Crippen LogP contribution in [0.2, 0.25) is 0 Å². The molecular weight excluding hydrogens is 254 g/mol. The van der Waals surface area contributed by atoms with Crippen LogP contribution in [0.3, 0.4) is 0 Å². The molecule has 6 heteroatoms. The van der Waals surface area contributed by atoms with E-state index in [-0.39, 0.29) is 5.69 Å².